The van der Waals surface area contributed by atoms with E-state index in [1.807, 2.05) is 38.1 Å². The third-order valence-corrected chi connectivity index (χ3v) is 9.56. The SMILES string of the molecule is Cc1ccc(CNC(=O)c2cc(S(=O)(=O)N(C)c3c(C)n(C)n(-c4ccccc4)c3=O)ccc2Cl)c(OC(C)CC(C)C)c1. The molecular formula is C33H39ClN4O5S. The number of nitrogens with zero attached hydrogens (tertiary/aromatic N) is 3. The fraction of sp³-hybridized carbons (Fsp3) is 0.333. The number of sulfonamides is 1. The Kier molecular flexibility index (Phi) is 9.95. The average molecular weight is 639 g/mol. The van der Waals surface area contributed by atoms with E-state index in [1.54, 1.807) is 42.9 Å². The number of carbonyl (C=O) groups excluding carboxylic acids is 1. The second-order valence-corrected chi connectivity index (χ2v) is 13.8. The van der Waals surface area contributed by atoms with E-state index < -0.39 is 21.5 Å². The zero-order valence-electron chi connectivity index (χ0n) is 26.1. The lowest BCUT2D eigenvalue weighted by atomic mass is 10.1. The Bertz CT molecular complexity index is 1830. The van der Waals surface area contributed by atoms with Crippen LogP contribution in [-0.4, -0.2) is 36.8 Å². The monoisotopic (exact) mass is 638 g/mol. The first-order valence-electron chi connectivity index (χ1n) is 14.4. The van der Waals surface area contributed by atoms with Crippen LogP contribution in [0.15, 0.2) is 76.4 Å². The van der Waals surface area contributed by atoms with Crippen molar-refractivity contribution in [1.82, 2.24) is 14.7 Å². The maximum absolute atomic E-state index is 13.8. The van der Waals surface area contributed by atoms with E-state index in [-0.39, 0.29) is 33.8 Å². The number of ether oxygens (including phenoxy) is 1. The number of amides is 1. The van der Waals surface area contributed by atoms with Gasteiger partial charge in [-0.1, -0.05) is 55.8 Å². The molecule has 11 heteroatoms. The first kappa shape index (κ1) is 32.9. The predicted molar refractivity (Wildman–Crippen MR) is 175 cm³/mol. The molecule has 1 heterocycles. The van der Waals surface area contributed by atoms with E-state index in [1.165, 1.54) is 29.9 Å². The average Bonchev–Trinajstić information content (AvgIpc) is 3.19. The van der Waals surface area contributed by atoms with Crippen LogP contribution in [0.1, 0.15) is 54.4 Å². The van der Waals surface area contributed by atoms with Crippen LogP contribution in [0.3, 0.4) is 0 Å². The van der Waals surface area contributed by atoms with Crippen molar-refractivity contribution in [1.29, 1.82) is 0 Å². The van der Waals surface area contributed by atoms with Gasteiger partial charge in [-0.3, -0.25) is 18.6 Å². The third-order valence-electron chi connectivity index (χ3n) is 7.47. The Hall–Kier alpha value is -4.02. The van der Waals surface area contributed by atoms with Gasteiger partial charge in [-0.05, 0) is 75.1 Å². The number of aromatic nitrogens is 2. The Labute approximate surface area is 264 Å². The molecule has 1 amide bonds. The highest BCUT2D eigenvalue weighted by Gasteiger charge is 2.30. The lowest BCUT2D eigenvalue weighted by Gasteiger charge is -2.20. The van der Waals surface area contributed by atoms with Crippen molar-refractivity contribution in [3.63, 3.8) is 0 Å². The lowest BCUT2D eigenvalue weighted by Crippen LogP contribution is -2.32. The third kappa shape index (κ3) is 6.87. The van der Waals surface area contributed by atoms with Crippen molar-refractivity contribution in [2.75, 3.05) is 11.4 Å². The normalized spacial score (nSPS) is 12.3. The van der Waals surface area contributed by atoms with Crippen molar-refractivity contribution in [2.24, 2.45) is 13.0 Å². The molecule has 4 aromatic rings. The molecular weight excluding hydrogens is 600 g/mol. The van der Waals surface area contributed by atoms with Crippen LogP contribution in [0, 0.1) is 19.8 Å². The summed E-state index contributed by atoms with van der Waals surface area (Å²) in [5.74, 6) is 0.610. The molecule has 44 heavy (non-hydrogen) atoms. The van der Waals surface area contributed by atoms with Gasteiger partial charge in [0.1, 0.15) is 11.4 Å². The van der Waals surface area contributed by atoms with E-state index >= 15 is 0 Å². The fourth-order valence-electron chi connectivity index (χ4n) is 5.15. The maximum Gasteiger partial charge on any atom is 0.296 e. The van der Waals surface area contributed by atoms with Crippen LogP contribution in [0.25, 0.3) is 5.69 Å². The van der Waals surface area contributed by atoms with E-state index in [0.717, 1.165) is 21.9 Å². The van der Waals surface area contributed by atoms with Crippen LogP contribution in [0.4, 0.5) is 5.69 Å². The molecule has 0 bridgehead atoms. The standard InChI is InChI=1S/C33H39ClN4O5S/c1-21(2)17-23(4)43-30-18-22(3)13-14-25(30)20-35-32(39)28-19-27(15-16-29(28)34)44(41,42)37(7)31-24(5)36(6)38(33(31)40)26-11-9-8-10-12-26/h8-16,18-19,21,23H,17,20H2,1-7H3,(H,35,39). The van der Waals surface area contributed by atoms with Crippen molar-refractivity contribution in [3.05, 3.63) is 104 Å². The molecule has 0 aliphatic carbocycles. The molecule has 0 aliphatic heterocycles. The highest BCUT2D eigenvalue weighted by molar-refractivity contribution is 7.92. The molecule has 1 aromatic heterocycles. The van der Waals surface area contributed by atoms with E-state index in [9.17, 15) is 18.0 Å². The quantitative estimate of drug-likeness (QED) is 0.217. The minimum absolute atomic E-state index is 0.00380. The summed E-state index contributed by atoms with van der Waals surface area (Å²) < 4.78 is 37.7. The first-order valence-corrected chi connectivity index (χ1v) is 16.2. The number of para-hydroxylation sites is 1. The Morgan fingerprint density at radius 1 is 1.02 bits per heavy atom. The van der Waals surface area contributed by atoms with E-state index in [2.05, 4.69) is 19.2 Å². The number of aryl methyl sites for hydroxylation is 1. The summed E-state index contributed by atoms with van der Waals surface area (Å²) in [5, 5.41) is 2.94. The molecule has 9 nitrogen and oxygen atoms in total. The van der Waals surface area contributed by atoms with Gasteiger partial charge in [0.25, 0.3) is 21.5 Å². The highest BCUT2D eigenvalue weighted by atomic mass is 35.5. The highest BCUT2D eigenvalue weighted by Crippen LogP contribution is 2.28. The molecule has 0 spiro atoms. The predicted octanol–water partition coefficient (Wildman–Crippen LogP) is 6.01. The minimum atomic E-state index is -4.25. The molecule has 0 aliphatic rings. The smallest absolute Gasteiger partial charge is 0.296 e. The molecule has 0 radical (unpaired) electrons. The number of rotatable bonds is 11. The number of hydrogen-bond donors (Lipinski definition) is 1. The molecule has 234 valence electrons. The molecule has 0 saturated heterocycles. The summed E-state index contributed by atoms with van der Waals surface area (Å²) in [7, 11) is -1.24. The maximum atomic E-state index is 13.8. The van der Waals surface area contributed by atoms with Gasteiger partial charge in [0.2, 0.25) is 0 Å². The number of benzene rings is 3. The number of hydrogen-bond acceptors (Lipinski definition) is 5. The van der Waals surface area contributed by atoms with Gasteiger partial charge in [0.15, 0.2) is 0 Å². The zero-order chi connectivity index (χ0) is 32.3. The van der Waals surface area contributed by atoms with Gasteiger partial charge in [0, 0.05) is 26.2 Å². The number of anilines is 1. The lowest BCUT2D eigenvalue weighted by molar-refractivity contribution is 0.0950. The molecule has 4 rings (SSSR count). The van der Waals surface area contributed by atoms with E-state index in [4.69, 9.17) is 16.3 Å². The van der Waals surface area contributed by atoms with Gasteiger partial charge >= 0.3 is 0 Å². The molecule has 1 unspecified atom stereocenters. The van der Waals surface area contributed by atoms with Crippen LogP contribution in [-0.2, 0) is 23.6 Å². The van der Waals surface area contributed by atoms with Gasteiger partial charge in [-0.15, -0.1) is 0 Å². The summed E-state index contributed by atoms with van der Waals surface area (Å²) in [6, 6.07) is 18.6. The summed E-state index contributed by atoms with van der Waals surface area (Å²) in [6.45, 7) is 10.1. The van der Waals surface area contributed by atoms with Crippen molar-refractivity contribution in [2.45, 2.75) is 58.6 Å². The van der Waals surface area contributed by atoms with Crippen molar-refractivity contribution < 1.29 is 17.9 Å². The van der Waals surface area contributed by atoms with Crippen molar-refractivity contribution in [3.8, 4) is 11.4 Å². The van der Waals surface area contributed by atoms with Crippen LogP contribution in [0.2, 0.25) is 5.02 Å². The van der Waals surface area contributed by atoms with Gasteiger partial charge < -0.3 is 10.1 Å². The molecule has 3 aromatic carbocycles. The van der Waals surface area contributed by atoms with Gasteiger partial charge in [0.05, 0.1) is 33.0 Å². The van der Waals surface area contributed by atoms with E-state index in [0.29, 0.717) is 23.0 Å². The van der Waals surface area contributed by atoms with Gasteiger partial charge in [-0.2, -0.15) is 0 Å². The topological polar surface area (TPSA) is 103 Å². The Balaban J connectivity index is 1.60. The second kappa shape index (κ2) is 13.3. The minimum Gasteiger partial charge on any atom is -0.490 e. The number of carbonyl (C=O) groups is 1. The van der Waals surface area contributed by atoms with Gasteiger partial charge in [-0.25, -0.2) is 13.1 Å². The molecule has 0 fully saturated rings. The fourth-order valence-corrected chi connectivity index (χ4v) is 6.63. The molecule has 1 N–H and O–H groups in total. The van der Waals surface area contributed by atoms with Crippen LogP contribution in [0.5, 0.6) is 5.75 Å². The molecule has 0 saturated carbocycles. The summed E-state index contributed by atoms with van der Waals surface area (Å²) in [5.41, 5.74) is 2.37. The Morgan fingerprint density at radius 2 is 1.70 bits per heavy atom. The first-order chi connectivity index (χ1) is 20.7. The summed E-state index contributed by atoms with van der Waals surface area (Å²) >= 11 is 6.38. The summed E-state index contributed by atoms with van der Waals surface area (Å²) in [4.78, 5) is 26.6. The van der Waals surface area contributed by atoms with Crippen LogP contribution < -0.4 is 19.9 Å². The number of halogens is 1. The Morgan fingerprint density at radius 3 is 2.36 bits per heavy atom. The van der Waals surface area contributed by atoms with Crippen molar-refractivity contribution >= 4 is 33.2 Å². The zero-order valence-corrected chi connectivity index (χ0v) is 27.7. The van der Waals surface area contributed by atoms with Crippen LogP contribution >= 0.6 is 11.6 Å². The number of nitrogens with one attached hydrogen (secondary N) is 1. The summed E-state index contributed by atoms with van der Waals surface area (Å²) in [6.07, 6.45) is 0.873. The second-order valence-electron chi connectivity index (χ2n) is 11.4. The molecule has 1 atom stereocenters. The largest absolute Gasteiger partial charge is 0.490 e.